The number of aliphatic hydroxyl groups excluding tert-OH is 3. The van der Waals surface area contributed by atoms with Gasteiger partial charge in [0.15, 0.2) is 5.17 Å². The van der Waals surface area contributed by atoms with Crippen LogP contribution >= 0.6 is 11.8 Å². The van der Waals surface area contributed by atoms with Gasteiger partial charge in [-0.25, -0.2) is 0 Å². The summed E-state index contributed by atoms with van der Waals surface area (Å²) >= 11 is 1.44. The van der Waals surface area contributed by atoms with Crippen LogP contribution in [0.25, 0.3) is 0 Å². The van der Waals surface area contributed by atoms with Crippen LogP contribution in [-0.2, 0) is 4.74 Å². The van der Waals surface area contributed by atoms with Gasteiger partial charge < -0.3 is 25.0 Å². The third kappa shape index (κ3) is 2.90. The van der Waals surface area contributed by atoms with Crippen molar-refractivity contribution < 1.29 is 20.1 Å². The van der Waals surface area contributed by atoms with Crippen molar-refractivity contribution >= 4 is 16.9 Å². The minimum Gasteiger partial charge on any atom is -0.391 e. The van der Waals surface area contributed by atoms with Gasteiger partial charge in [-0.2, -0.15) is 0 Å². The molecule has 2 heterocycles. The average molecular weight is 290 g/mol. The van der Waals surface area contributed by atoms with E-state index in [4.69, 9.17) is 4.74 Å². The summed E-state index contributed by atoms with van der Waals surface area (Å²) in [6.45, 7) is 4.51. The Labute approximate surface area is 117 Å². The first-order valence-corrected chi connectivity index (χ1v) is 7.49. The molecule has 0 aromatic rings. The third-order valence-electron chi connectivity index (χ3n) is 3.45. The van der Waals surface area contributed by atoms with Gasteiger partial charge >= 0.3 is 0 Å². The molecular weight excluding hydrogens is 268 g/mol. The Bertz CT molecular complexity index is 353. The molecule has 2 rings (SSSR count). The second-order valence-electron chi connectivity index (χ2n) is 5.13. The van der Waals surface area contributed by atoms with E-state index in [1.54, 1.807) is 6.92 Å². The maximum Gasteiger partial charge on any atom is 0.162 e. The number of ether oxygens (including phenoxy) is 1. The molecule has 6 atom stereocenters. The molecule has 2 aliphatic rings. The van der Waals surface area contributed by atoms with Gasteiger partial charge in [-0.1, -0.05) is 18.7 Å². The Morgan fingerprint density at radius 1 is 1.42 bits per heavy atom. The first-order valence-electron chi connectivity index (χ1n) is 6.61. The molecule has 0 bridgehead atoms. The summed E-state index contributed by atoms with van der Waals surface area (Å²) in [5.74, 6) is 0. The topological polar surface area (TPSA) is 85.5 Å². The zero-order valence-corrected chi connectivity index (χ0v) is 12.2. The SMILES string of the molecule is CCCN(C)C1=N[C@@H]2[C@@H](O)[C@H](O)[C@@H]([C@H](C)O)O[C@@H]2S1. The first-order chi connectivity index (χ1) is 8.95. The maximum absolute atomic E-state index is 10.1. The zero-order chi connectivity index (χ0) is 14.2. The lowest BCUT2D eigenvalue weighted by Crippen LogP contribution is -2.57. The van der Waals surface area contributed by atoms with Crippen LogP contribution < -0.4 is 0 Å². The maximum atomic E-state index is 10.1. The molecule has 0 radical (unpaired) electrons. The molecule has 0 amide bonds. The molecule has 2 aliphatic heterocycles. The lowest BCUT2D eigenvalue weighted by molar-refractivity contribution is -0.181. The minimum atomic E-state index is -1.11. The van der Waals surface area contributed by atoms with Gasteiger partial charge in [-0.05, 0) is 13.3 Å². The van der Waals surface area contributed by atoms with E-state index in [9.17, 15) is 15.3 Å². The van der Waals surface area contributed by atoms with Crippen LogP contribution in [-0.4, -0.2) is 74.9 Å². The predicted octanol–water partition coefficient (Wildman–Crippen LogP) is -0.373. The molecule has 6 nitrogen and oxygen atoms in total. The lowest BCUT2D eigenvalue weighted by atomic mass is 9.95. The predicted molar refractivity (Wildman–Crippen MR) is 74.1 cm³/mol. The monoisotopic (exact) mass is 290 g/mol. The number of hydrogen-bond acceptors (Lipinski definition) is 7. The molecule has 3 N–H and O–H groups in total. The van der Waals surface area contributed by atoms with Crippen LogP contribution in [0.15, 0.2) is 4.99 Å². The molecule has 0 saturated carbocycles. The van der Waals surface area contributed by atoms with Crippen molar-refractivity contribution in [3.05, 3.63) is 0 Å². The highest BCUT2D eigenvalue weighted by atomic mass is 32.2. The number of fused-ring (bicyclic) bond motifs is 1. The molecule has 0 spiro atoms. The van der Waals surface area contributed by atoms with Crippen molar-refractivity contribution in [3.8, 4) is 0 Å². The fourth-order valence-corrected chi connectivity index (χ4v) is 3.60. The summed E-state index contributed by atoms with van der Waals surface area (Å²) in [6.07, 6.45) is -2.70. The molecule has 0 aromatic heterocycles. The zero-order valence-electron chi connectivity index (χ0n) is 11.4. The van der Waals surface area contributed by atoms with Crippen LogP contribution in [0.1, 0.15) is 20.3 Å². The summed E-state index contributed by atoms with van der Waals surface area (Å²) in [5.41, 5.74) is -0.340. The number of aliphatic imine (C=N–C) groups is 1. The smallest absolute Gasteiger partial charge is 0.162 e. The van der Waals surface area contributed by atoms with Gasteiger partial charge in [0, 0.05) is 13.6 Å². The second-order valence-corrected chi connectivity index (χ2v) is 6.20. The highest BCUT2D eigenvalue weighted by Crippen LogP contribution is 2.37. The third-order valence-corrected chi connectivity index (χ3v) is 4.70. The van der Waals surface area contributed by atoms with E-state index in [1.807, 2.05) is 11.9 Å². The summed E-state index contributed by atoms with van der Waals surface area (Å²) in [7, 11) is 1.95. The van der Waals surface area contributed by atoms with Crippen molar-refractivity contribution in [1.82, 2.24) is 4.90 Å². The highest BCUT2D eigenvalue weighted by molar-refractivity contribution is 8.14. The van der Waals surface area contributed by atoms with Crippen molar-refractivity contribution in [2.45, 2.75) is 56.2 Å². The molecule has 0 unspecified atom stereocenters. The number of thioether (sulfide) groups is 1. The average Bonchev–Trinajstić information content (AvgIpc) is 2.78. The van der Waals surface area contributed by atoms with E-state index in [0.29, 0.717) is 0 Å². The fraction of sp³-hybridized carbons (Fsp3) is 0.917. The van der Waals surface area contributed by atoms with Crippen molar-refractivity contribution in [1.29, 1.82) is 0 Å². The molecule has 110 valence electrons. The number of nitrogens with zero attached hydrogens (tertiary/aromatic N) is 2. The number of amidine groups is 1. The Hall–Kier alpha value is -0.340. The first kappa shape index (κ1) is 15.1. The normalized spacial score (nSPS) is 39.7. The Kier molecular flexibility index (Phi) is 4.73. The van der Waals surface area contributed by atoms with E-state index >= 15 is 0 Å². The van der Waals surface area contributed by atoms with Crippen LogP contribution in [0.2, 0.25) is 0 Å². The van der Waals surface area contributed by atoms with E-state index in [0.717, 1.165) is 18.1 Å². The van der Waals surface area contributed by atoms with E-state index < -0.39 is 30.5 Å². The van der Waals surface area contributed by atoms with Gasteiger partial charge in [0.05, 0.1) is 6.10 Å². The molecule has 1 saturated heterocycles. The molecule has 19 heavy (non-hydrogen) atoms. The molecule has 0 aliphatic carbocycles. The minimum absolute atomic E-state index is 0.340. The summed E-state index contributed by atoms with van der Waals surface area (Å²) in [4.78, 5) is 6.46. The van der Waals surface area contributed by atoms with Crippen molar-refractivity contribution in [2.75, 3.05) is 13.6 Å². The van der Waals surface area contributed by atoms with Gasteiger partial charge in [0.2, 0.25) is 0 Å². The van der Waals surface area contributed by atoms with Gasteiger partial charge in [-0.3, -0.25) is 4.99 Å². The van der Waals surface area contributed by atoms with E-state index in [1.165, 1.54) is 11.8 Å². The van der Waals surface area contributed by atoms with Gasteiger partial charge in [-0.15, -0.1) is 0 Å². The van der Waals surface area contributed by atoms with Crippen LogP contribution in [0.5, 0.6) is 0 Å². The quantitative estimate of drug-likeness (QED) is 0.657. The fourth-order valence-electron chi connectivity index (χ4n) is 2.39. The van der Waals surface area contributed by atoms with E-state index in [2.05, 4.69) is 11.9 Å². The Balaban J connectivity index is 2.10. The summed E-state index contributed by atoms with van der Waals surface area (Å²) < 4.78 is 5.67. The largest absolute Gasteiger partial charge is 0.391 e. The van der Waals surface area contributed by atoms with E-state index in [-0.39, 0.29) is 5.44 Å². The summed E-state index contributed by atoms with van der Waals surface area (Å²) in [5, 5.41) is 30.5. The second kappa shape index (κ2) is 5.97. The summed E-state index contributed by atoms with van der Waals surface area (Å²) in [6, 6.07) is -0.468. The van der Waals surface area contributed by atoms with Gasteiger partial charge in [0.25, 0.3) is 0 Å². The number of hydrogen-bond donors (Lipinski definition) is 3. The number of rotatable bonds is 3. The lowest BCUT2D eigenvalue weighted by Gasteiger charge is -2.39. The number of aliphatic hydroxyl groups is 3. The standard InChI is InChI=1S/C12H22N2O4S/c1-4-5-14(3)12-13-7-8(16)9(17)10(6(2)15)18-11(7)19-12/h6-11,15-17H,4-5H2,1-3H3/t6-,7+,8+,9-,10+,11+/m0/s1. The molecular formula is C12H22N2O4S. The van der Waals surface area contributed by atoms with Crippen molar-refractivity contribution in [2.24, 2.45) is 4.99 Å². The molecule has 1 fully saturated rings. The highest BCUT2D eigenvalue weighted by Gasteiger charge is 2.49. The Morgan fingerprint density at radius 2 is 2.11 bits per heavy atom. The van der Waals surface area contributed by atoms with Gasteiger partial charge in [0.1, 0.15) is 29.8 Å². The molecule has 0 aromatic carbocycles. The van der Waals surface area contributed by atoms with Crippen LogP contribution in [0.3, 0.4) is 0 Å². The Morgan fingerprint density at radius 3 is 2.68 bits per heavy atom. The van der Waals surface area contributed by atoms with Crippen molar-refractivity contribution in [3.63, 3.8) is 0 Å². The van der Waals surface area contributed by atoms with Crippen LogP contribution in [0, 0.1) is 0 Å². The van der Waals surface area contributed by atoms with Crippen LogP contribution in [0.4, 0.5) is 0 Å². The molecule has 7 heteroatoms.